The fourth-order valence-electron chi connectivity index (χ4n) is 3.29. The third kappa shape index (κ3) is 4.35. The summed E-state index contributed by atoms with van der Waals surface area (Å²) in [6.07, 6.45) is 5.52. The van der Waals surface area contributed by atoms with Gasteiger partial charge in [0.1, 0.15) is 0 Å². The van der Waals surface area contributed by atoms with E-state index in [9.17, 15) is 4.79 Å². The van der Waals surface area contributed by atoms with Crippen molar-refractivity contribution in [3.05, 3.63) is 36.5 Å². The molecule has 0 bridgehead atoms. The fourth-order valence-corrected chi connectivity index (χ4v) is 3.29. The van der Waals surface area contributed by atoms with Crippen molar-refractivity contribution >= 4 is 16.8 Å². The maximum atomic E-state index is 12.0. The van der Waals surface area contributed by atoms with E-state index < -0.39 is 0 Å². The highest BCUT2D eigenvalue weighted by atomic mass is 16.2. The second-order valence-electron chi connectivity index (χ2n) is 6.73. The maximum Gasteiger partial charge on any atom is 0.234 e. The molecule has 0 unspecified atom stereocenters. The molecule has 1 N–H and O–H groups in total. The van der Waals surface area contributed by atoms with Crippen molar-refractivity contribution in [1.29, 1.82) is 0 Å². The summed E-state index contributed by atoms with van der Waals surface area (Å²) in [6.45, 7) is 6.65. The lowest BCUT2D eigenvalue weighted by molar-refractivity contribution is -0.122. The molecule has 0 atom stereocenters. The van der Waals surface area contributed by atoms with Crippen LogP contribution >= 0.6 is 0 Å². The number of benzene rings is 1. The van der Waals surface area contributed by atoms with Crippen molar-refractivity contribution < 1.29 is 4.79 Å². The van der Waals surface area contributed by atoms with Crippen LogP contribution < -0.4 is 5.32 Å². The number of fused-ring (bicyclic) bond motifs is 1. The minimum absolute atomic E-state index is 0.164. The molecular formula is C19H27N3O. The van der Waals surface area contributed by atoms with Crippen LogP contribution in [-0.2, 0) is 11.3 Å². The number of carbonyl (C=O) groups excluding carboxylic acids is 1. The zero-order chi connectivity index (χ0) is 16.1. The lowest BCUT2D eigenvalue weighted by atomic mass is 9.99. The van der Waals surface area contributed by atoms with Crippen LogP contribution in [0.15, 0.2) is 36.5 Å². The van der Waals surface area contributed by atoms with Gasteiger partial charge in [0, 0.05) is 24.8 Å². The van der Waals surface area contributed by atoms with Crippen molar-refractivity contribution in [2.75, 3.05) is 26.2 Å². The summed E-state index contributed by atoms with van der Waals surface area (Å²) in [5, 5.41) is 4.33. The Morgan fingerprint density at radius 3 is 2.83 bits per heavy atom. The number of aromatic nitrogens is 1. The van der Waals surface area contributed by atoms with Gasteiger partial charge in [0.25, 0.3) is 0 Å². The second-order valence-corrected chi connectivity index (χ2v) is 6.73. The fraction of sp³-hybridized carbons (Fsp3) is 0.526. The topological polar surface area (TPSA) is 37.3 Å². The van der Waals surface area contributed by atoms with Gasteiger partial charge in [0.05, 0.1) is 6.54 Å². The third-order valence-electron chi connectivity index (χ3n) is 4.82. The highest BCUT2D eigenvalue weighted by Gasteiger charge is 2.17. The highest BCUT2D eigenvalue weighted by Crippen LogP contribution is 2.16. The van der Waals surface area contributed by atoms with Crippen LogP contribution in [0.5, 0.6) is 0 Å². The molecular weight excluding hydrogens is 286 g/mol. The molecule has 0 aliphatic carbocycles. The van der Waals surface area contributed by atoms with Crippen molar-refractivity contribution in [3.63, 3.8) is 0 Å². The quantitative estimate of drug-likeness (QED) is 0.833. The Kier molecular flexibility index (Phi) is 5.34. The number of nitrogens with one attached hydrogen (secondary N) is 1. The van der Waals surface area contributed by atoms with Gasteiger partial charge < -0.3 is 9.88 Å². The molecule has 0 saturated carbocycles. The number of aryl methyl sites for hydroxylation is 1. The number of hydrogen-bond acceptors (Lipinski definition) is 2. The third-order valence-corrected chi connectivity index (χ3v) is 4.82. The molecule has 1 aromatic carbocycles. The standard InChI is InChI=1S/C19H27N3O/c1-16-7-12-21(13-8-16)15-19(23)20-10-4-11-22-14-9-17-5-2-3-6-18(17)22/h2-3,5-6,9,14,16H,4,7-8,10-13,15H2,1H3,(H,20,23). The Hall–Kier alpha value is -1.81. The van der Waals surface area contributed by atoms with Gasteiger partial charge in [-0.25, -0.2) is 0 Å². The first kappa shape index (κ1) is 16.1. The number of para-hydroxylation sites is 1. The van der Waals surface area contributed by atoms with Crippen molar-refractivity contribution in [2.24, 2.45) is 5.92 Å². The monoisotopic (exact) mass is 313 g/mol. The van der Waals surface area contributed by atoms with Gasteiger partial charge in [-0.15, -0.1) is 0 Å². The molecule has 1 fully saturated rings. The normalized spacial score (nSPS) is 16.7. The van der Waals surface area contributed by atoms with Gasteiger partial charge in [-0.1, -0.05) is 25.1 Å². The summed E-state index contributed by atoms with van der Waals surface area (Å²) < 4.78 is 2.26. The summed E-state index contributed by atoms with van der Waals surface area (Å²) in [5.74, 6) is 0.975. The molecule has 23 heavy (non-hydrogen) atoms. The largest absolute Gasteiger partial charge is 0.355 e. The summed E-state index contributed by atoms with van der Waals surface area (Å²) in [4.78, 5) is 14.3. The van der Waals surface area contributed by atoms with Crippen LogP contribution in [0, 0.1) is 5.92 Å². The molecule has 3 rings (SSSR count). The molecule has 1 aliphatic rings. The van der Waals surface area contributed by atoms with Crippen LogP contribution in [-0.4, -0.2) is 41.6 Å². The van der Waals surface area contributed by atoms with E-state index in [-0.39, 0.29) is 5.91 Å². The van der Waals surface area contributed by atoms with E-state index in [0.717, 1.165) is 38.5 Å². The lowest BCUT2D eigenvalue weighted by Gasteiger charge is -2.29. The molecule has 0 radical (unpaired) electrons. The van der Waals surface area contributed by atoms with Gasteiger partial charge in [0.2, 0.25) is 5.91 Å². The van der Waals surface area contributed by atoms with Gasteiger partial charge in [-0.3, -0.25) is 9.69 Å². The first-order chi connectivity index (χ1) is 11.2. The van der Waals surface area contributed by atoms with Gasteiger partial charge in [-0.2, -0.15) is 0 Å². The van der Waals surface area contributed by atoms with Crippen LogP contribution in [0.4, 0.5) is 0 Å². The van der Waals surface area contributed by atoms with Gasteiger partial charge >= 0.3 is 0 Å². The Morgan fingerprint density at radius 1 is 1.22 bits per heavy atom. The predicted molar refractivity (Wildman–Crippen MR) is 94.4 cm³/mol. The Bertz CT molecular complexity index is 641. The Balaban J connectivity index is 1.37. The minimum atomic E-state index is 0.164. The molecule has 2 aromatic rings. The molecule has 1 aliphatic heterocycles. The van der Waals surface area contributed by atoms with E-state index in [0.29, 0.717) is 6.54 Å². The first-order valence-electron chi connectivity index (χ1n) is 8.75. The average molecular weight is 313 g/mol. The molecule has 4 heteroatoms. The SMILES string of the molecule is CC1CCN(CC(=O)NCCCn2ccc3ccccc32)CC1. The lowest BCUT2D eigenvalue weighted by Crippen LogP contribution is -2.41. The van der Waals surface area contributed by atoms with Crippen LogP contribution in [0.25, 0.3) is 10.9 Å². The number of rotatable bonds is 6. The summed E-state index contributed by atoms with van der Waals surface area (Å²) in [7, 11) is 0. The number of hydrogen-bond donors (Lipinski definition) is 1. The van der Waals surface area contributed by atoms with Crippen LogP contribution in [0.1, 0.15) is 26.2 Å². The van der Waals surface area contributed by atoms with Gasteiger partial charge in [0.15, 0.2) is 0 Å². The summed E-state index contributed by atoms with van der Waals surface area (Å²) in [6, 6.07) is 10.6. The molecule has 4 nitrogen and oxygen atoms in total. The first-order valence-corrected chi connectivity index (χ1v) is 8.75. The molecule has 124 valence electrons. The smallest absolute Gasteiger partial charge is 0.234 e. The van der Waals surface area contributed by atoms with E-state index in [4.69, 9.17) is 0 Å². The van der Waals surface area contributed by atoms with E-state index >= 15 is 0 Å². The van der Waals surface area contributed by atoms with Crippen LogP contribution in [0.2, 0.25) is 0 Å². The average Bonchev–Trinajstić information content (AvgIpc) is 2.97. The Morgan fingerprint density at radius 2 is 2.00 bits per heavy atom. The van der Waals surface area contributed by atoms with E-state index in [2.05, 4.69) is 58.2 Å². The summed E-state index contributed by atoms with van der Waals surface area (Å²) >= 11 is 0. The second kappa shape index (κ2) is 7.64. The highest BCUT2D eigenvalue weighted by molar-refractivity contribution is 5.80. The predicted octanol–water partition coefficient (Wildman–Crippen LogP) is 2.88. The molecule has 1 amide bonds. The van der Waals surface area contributed by atoms with E-state index in [1.165, 1.54) is 23.7 Å². The van der Waals surface area contributed by atoms with Crippen molar-refractivity contribution in [1.82, 2.24) is 14.8 Å². The number of amides is 1. The molecule has 1 aromatic heterocycles. The number of nitrogens with zero attached hydrogens (tertiary/aromatic N) is 2. The molecule has 1 saturated heterocycles. The number of piperidine rings is 1. The molecule has 2 heterocycles. The van der Waals surface area contributed by atoms with Crippen molar-refractivity contribution in [2.45, 2.75) is 32.7 Å². The Labute approximate surface area is 138 Å². The van der Waals surface area contributed by atoms with E-state index in [1.807, 2.05) is 0 Å². The van der Waals surface area contributed by atoms with Gasteiger partial charge in [-0.05, 0) is 55.8 Å². The van der Waals surface area contributed by atoms with E-state index in [1.54, 1.807) is 0 Å². The van der Waals surface area contributed by atoms with Crippen molar-refractivity contribution in [3.8, 4) is 0 Å². The minimum Gasteiger partial charge on any atom is -0.355 e. The zero-order valence-corrected chi connectivity index (χ0v) is 14.0. The molecule has 0 spiro atoms. The summed E-state index contributed by atoms with van der Waals surface area (Å²) in [5.41, 5.74) is 1.27. The number of likely N-dealkylation sites (tertiary alicyclic amines) is 1. The van der Waals surface area contributed by atoms with Crippen LogP contribution in [0.3, 0.4) is 0 Å². The zero-order valence-electron chi connectivity index (χ0n) is 14.0. The maximum absolute atomic E-state index is 12.0. The number of carbonyl (C=O) groups is 1.